The van der Waals surface area contributed by atoms with Crippen LogP contribution in [0.15, 0.2) is 12.4 Å². The fourth-order valence-corrected chi connectivity index (χ4v) is 3.07. The van der Waals surface area contributed by atoms with Gasteiger partial charge >= 0.3 is 5.97 Å². The summed E-state index contributed by atoms with van der Waals surface area (Å²) in [7, 11) is 0. The van der Waals surface area contributed by atoms with Crippen LogP contribution in [0.5, 0.6) is 5.75 Å². The van der Waals surface area contributed by atoms with E-state index < -0.39 is 11.8 Å². The third-order valence-corrected chi connectivity index (χ3v) is 4.63. The average molecular weight is 350 g/mol. The standard InChI is InChI=1S/C18H23FN2O4/c1-10(2)25-15-12(17(22)23)7-21-8-13(20-16(21)14(15)19)18(4)6-5-11(3)24-9-18/h7-8,10-11H,5-6,9H2,1-4H3,(H,22,23)/t11?,18-/m0/s1. The van der Waals surface area contributed by atoms with Crippen molar-refractivity contribution in [3.05, 3.63) is 29.5 Å². The van der Waals surface area contributed by atoms with Gasteiger partial charge in [0, 0.05) is 17.8 Å². The SMILES string of the molecule is CC(C)Oc1c(C(=O)O)cn2cc([C@@]3(C)CCC(C)OC3)nc2c1F. The molecular formula is C18H23FN2O4. The van der Waals surface area contributed by atoms with E-state index in [1.165, 1.54) is 10.6 Å². The van der Waals surface area contributed by atoms with Gasteiger partial charge in [-0.1, -0.05) is 6.92 Å². The van der Waals surface area contributed by atoms with E-state index in [-0.39, 0.29) is 34.6 Å². The number of nitrogens with zero attached hydrogens (tertiary/aromatic N) is 2. The zero-order valence-electron chi connectivity index (χ0n) is 14.9. The van der Waals surface area contributed by atoms with Crippen molar-refractivity contribution < 1.29 is 23.8 Å². The molecule has 3 rings (SSSR count). The predicted octanol–water partition coefficient (Wildman–Crippen LogP) is 3.42. The van der Waals surface area contributed by atoms with Gasteiger partial charge in [-0.3, -0.25) is 0 Å². The van der Waals surface area contributed by atoms with Gasteiger partial charge in [-0.25, -0.2) is 9.78 Å². The lowest BCUT2D eigenvalue weighted by atomic mass is 9.81. The summed E-state index contributed by atoms with van der Waals surface area (Å²) in [5.41, 5.74) is 0.209. The molecule has 3 heterocycles. The van der Waals surface area contributed by atoms with Gasteiger partial charge < -0.3 is 19.0 Å². The number of aromatic carboxylic acids is 1. The number of halogens is 1. The Hall–Kier alpha value is -2.15. The Morgan fingerprint density at radius 3 is 2.80 bits per heavy atom. The van der Waals surface area contributed by atoms with Gasteiger partial charge in [0.2, 0.25) is 5.82 Å². The smallest absolute Gasteiger partial charge is 0.341 e. The molecule has 0 spiro atoms. The Kier molecular flexibility index (Phi) is 4.45. The number of rotatable bonds is 4. The number of aromatic nitrogens is 2. The summed E-state index contributed by atoms with van der Waals surface area (Å²) in [5.74, 6) is -2.27. The van der Waals surface area contributed by atoms with Crippen LogP contribution in [0.3, 0.4) is 0 Å². The summed E-state index contributed by atoms with van der Waals surface area (Å²) in [5, 5.41) is 9.40. The minimum Gasteiger partial charge on any atom is -0.487 e. The van der Waals surface area contributed by atoms with Gasteiger partial charge in [-0.05, 0) is 33.6 Å². The first kappa shape index (κ1) is 17.7. The van der Waals surface area contributed by atoms with Crippen molar-refractivity contribution in [2.45, 2.75) is 58.2 Å². The van der Waals surface area contributed by atoms with Crippen LogP contribution in [0, 0.1) is 5.82 Å². The number of ether oxygens (including phenoxy) is 2. The van der Waals surface area contributed by atoms with Gasteiger partial charge in [-0.15, -0.1) is 0 Å². The summed E-state index contributed by atoms with van der Waals surface area (Å²) < 4.78 is 27.5. The maximum Gasteiger partial charge on any atom is 0.341 e. The highest BCUT2D eigenvalue weighted by Gasteiger charge is 2.35. The third kappa shape index (κ3) is 3.20. The van der Waals surface area contributed by atoms with Crippen molar-refractivity contribution in [1.82, 2.24) is 9.38 Å². The first-order valence-corrected chi connectivity index (χ1v) is 8.44. The molecule has 25 heavy (non-hydrogen) atoms. The molecule has 1 fully saturated rings. The van der Waals surface area contributed by atoms with Crippen LogP contribution in [-0.2, 0) is 10.2 Å². The largest absolute Gasteiger partial charge is 0.487 e. The highest BCUT2D eigenvalue weighted by Crippen LogP contribution is 2.35. The Bertz CT molecular complexity index is 807. The van der Waals surface area contributed by atoms with E-state index in [9.17, 15) is 14.3 Å². The van der Waals surface area contributed by atoms with E-state index in [0.29, 0.717) is 12.3 Å². The second-order valence-corrected chi connectivity index (χ2v) is 7.24. The molecule has 1 aliphatic rings. The van der Waals surface area contributed by atoms with Crippen LogP contribution in [0.4, 0.5) is 4.39 Å². The molecule has 1 saturated heterocycles. The molecule has 6 nitrogen and oxygen atoms in total. The van der Waals surface area contributed by atoms with Crippen molar-refractivity contribution in [1.29, 1.82) is 0 Å². The van der Waals surface area contributed by atoms with Crippen LogP contribution < -0.4 is 4.74 Å². The summed E-state index contributed by atoms with van der Waals surface area (Å²) >= 11 is 0. The summed E-state index contributed by atoms with van der Waals surface area (Å²) in [4.78, 5) is 15.9. The van der Waals surface area contributed by atoms with Crippen LogP contribution >= 0.6 is 0 Å². The first-order chi connectivity index (χ1) is 11.7. The van der Waals surface area contributed by atoms with Gasteiger partial charge in [0.05, 0.1) is 24.5 Å². The van der Waals surface area contributed by atoms with Crippen LogP contribution in [0.25, 0.3) is 5.65 Å². The quantitative estimate of drug-likeness (QED) is 0.915. The number of carboxylic acids is 1. The number of hydrogen-bond donors (Lipinski definition) is 1. The molecule has 2 atom stereocenters. The zero-order valence-corrected chi connectivity index (χ0v) is 14.9. The molecule has 0 saturated carbocycles. The minimum atomic E-state index is -1.24. The molecule has 1 aliphatic heterocycles. The fraction of sp³-hybridized carbons (Fsp3) is 0.556. The van der Waals surface area contributed by atoms with Crippen LogP contribution in [0.2, 0.25) is 0 Å². The third-order valence-electron chi connectivity index (χ3n) is 4.63. The van der Waals surface area contributed by atoms with Crippen LogP contribution in [-0.4, -0.2) is 39.3 Å². The first-order valence-electron chi connectivity index (χ1n) is 8.44. The lowest BCUT2D eigenvalue weighted by Crippen LogP contribution is -2.36. The fourth-order valence-electron chi connectivity index (χ4n) is 3.07. The van der Waals surface area contributed by atoms with Crippen molar-refractivity contribution in [3.63, 3.8) is 0 Å². The number of imidazole rings is 1. The molecule has 0 aliphatic carbocycles. The molecule has 136 valence electrons. The lowest BCUT2D eigenvalue weighted by Gasteiger charge is -2.34. The monoisotopic (exact) mass is 350 g/mol. The number of pyridine rings is 1. The van der Waals surface area contributed by atoms with Gasteiger partial charge in [0.25, 0.3) is 0 Å². The predicted molar refractivity (Wildman–Crippen MR) is 89.9 cm³/mol. The molecule has 0 radical (unpaired) electrons. The average Bonchev–Trinajstić information content (AvgIpc) is 2.97. The second-order valence-electron chi connectivity index (χ2n) is 7.24. The highest BCUT2D eigenvalue weighted by molar-refractivity contribution is 5.91. The Labute approximate surface area is 145 Å². The molecule has 0 aromatic carbocycles. The molecule has 2 aromatic rings. The van der Waals surface area contributed by atoms with Crippen molar-refractivity contribution in [3.8, 4) is 5.75 Å². The van der Waals surface area contributed by atoms with E-state index in [0.717, 1.165) is 12.8 Å². The molecular weight excluding hydrogens is 327 g/mol. The Balaban J connectivity index is 2.11. The van der Waals surface area contributed by atoms with Crippen molar-refractivity contribution in [2.75, 3.05) is 6.61 Å². The van der Waals surface area contributed by atoms with E-state index >= 15 is 0 Å². The highest BCUT2D eigenvalue weighted by atomic mass is 19.1. The summed E-state index contributed by atoms with van der Waals surface area (Å²) in [6.45, 7) is 7.99. The Morgan fingerprint density at radius 1 is 1.52 bits per heavy atom. The maximum absolute atomic E-state index is 14.9. The van der Waals surface area contributed by atoms with Gasteiger partial charge in [-0.2, -0.15) is 4.39 Å². The van der Waals surface area contributed by atoms with Crippen molar-refractivity contribution in [2.24, 2.45) is 0 Å². The normalized spacial score (nSPS) is 24.0. The number of hydrogen-bond acceptors (Lipinski definition) is 4. The summed E-state index contributed by atoms with van der Waals surface area (Å²) in [6.07, 6.45) is 4.66. The maximum atomic E-state index is 14.9. The molecule has 0 amide bonds. The second kappa shape index (κ2) is 6.29. The lowest BCUT2D eigenvalue weighted by molar-refractivity contribution is -0.0162. The van der Waals surface area contributed by atoms with E-state index in [1.54, 1.807) is 20.0 Å². The minimum absolute atomic E-state index is 0.0653. The zero-order chi connectivity index (χ0) is 18.4. The molecule has 7 heteroatoms. The Morgan fingerprint density at radius 2 is 2.24 bits per heavy atom. The summed E-state index contributed by atoms with van der Waals surface area (Å²) in [6, 6.07) is 0. The topological polar surface area (TPSA) is 73.1 Å². The molecule has 2 aromatic heterocycles. The van der Waals surface area contributed by atoms with E-state index in [4.69, 9.17) is 9.47 Å². The van der Waals surface area contributed by atoms with Gasteiger partial charge in [0.1, 0.15) is 5.56 Å². The van der Waals surface area contributed by atoms with Crippen molar-refractivity contribution >= 4 is 11.6 Å². The number of carboxylic acid groups (broad SMARTS) is 1. The van der Waals surface area contributed by atoms with E-state index in [1.807, 2.05) is 13.8 Å². The molecule has 1 N–H and O–H groups in total. The molecule has 0 bridgehead atoms. The van der Waals surface area contributed by atoms with Crippen LogP contribution in [0.1, 0.15) is 56.6 Å². The van der Waals surface area contributed by atoms with E-state index in [2.05, 4.69) is 4.98 Å². The molecule has 1 unspecified atom stereocenters. The van der Waals surface area contributed by atoms with Gasteiger partial charge in [0.15, 0.2) is 11.4 Å². The number of carbonyl (C=O) groups is 1. The number of fused-ring (bicyclic) bond motifs is 1.